The fraction of sp³-hybridized carbons (Fsp3) is 1.00. The predicted molar refractivity (Wildman–Crippen MR) is 60.7 cm³/mol. The predicted octanol–water partition coefficient (Wildman–Crippen LogP) is 2.74. The smallest absolute Gasteiger partial charge is 0.0725 e. The van der Waals surface area contributed by atoms with Crippen LogP contribution in [0.1, 0.15) is 51.9 Å². The molecule has 15 heavy (non-hydrogen) atoms. The second-order valence-corrected chi connectivity index (χ2v) is 5.26. The lowest BCUT2D eigenvalue weighted by Crippen LogP contribution is -2.49. The first-order chi connectivity index (χ1) is 7.27. The van der Waals surface area contributed by atoms with Crippen LogP contribution < -0.4 is 0 Å². The van der Waals surface area contributed by atoms with Crippen molar-refractivity contribution in [1.29, 1.82) is 0 Å². The van der Waals surface area contributed by atoms with Crippen LogP contribution in [0, 0.1) is 11.8 Å². The monoisotopic (exact) mass is 212 g/mol. The Morgan fingerprint density at radius 3 is 2.80 bits per heavy atom. The van der Waals surface area contributed by atoms with Gasteiger partial charge in [-0.2, -0.15) is 0 Å². The Labute approximate surface area is 93.0 Å². The van der Waals surface area contributed by atoms with E-state index < -0.39 is 5.60 Å². The molecule has 0 aromatic carbocycles. The summed E-state index contributed by atoms with van der Waals surface area (Å²) in [6.45, 7) is 3.89. The first-order valence-corrected chi connectivity index (χ1v) is 6.57. The van der Waals surface area contributed by atoms with Crippen molar-refractivity contribution in [2.45, 2.75) is 57.5 Å². The van der Waals surface area contributed by atoms with E-state index in [1.807, 2.05) is 0 Å². The van der Waals surface area contributed by atoms with Crippen LogP contribution in [0.4, 0.5) is 0 Å². The molecule has 1 saturated heterocycles. The highest BCUT2D eigenvalue weighted by Crippen LogP contribution is 2.43. The lowest BCUT2D eigenvalue weighted by atomic mass is 9.66. The van der Waals surface area contributed by atoms with Crippen LogP contribution in [0.2, 0.25) is 0 Å². The number of aliphatic hydroxyl groups is 1. The van der Waals surface area contributed by atoms with Gasteiger partial charge in [-0.1, -0.05) is 26.2 Å². The van der Waals surface area contributed by atoms with Gasteiger partial charge < -0.3 is 9.84 Å². The summed E-state index contributed by atoms with van der Waals surface area (Å²) in [7, 11) is 0. The number of hydrogen-bond acceptors (Lipinski definition) is 2. The van der Waals surface area contributed by atoms with Crippen LogP contribution in [0.3, 0.4) is 0 Å². The molecule has 2 heteroatoms. The van der Waals surface area contributed by atoms with Gasteiger partial charge in [-0.05, 0) is 31.6 Å². The lowest BCUT2D eigenvalue weighted by Gasteiger charge is -2.46. The summed E-state index contributed by atoms with van der Waals surface area (Å²) in [4.78, 5) is 0. The Balaban J connectivity index is 2.06. The summed E-state index contributed by atoms with van der Waals surface area (Å²) >= 11 is 0. The number of hydrogen-bond donors (Lipinski definition) is 1. The quantitative estimate of drug-likeness (QED) is 0.762. The van der Waals surface area contributed by atoms with Gasteiger partial charge in [0.1, 0.15) is 0 Å². The second-order valence-electron chi connectivity index (χ2n) is 5.26. The molecule has 0 aromatic heterocycles. The van der Waals surface area contributed by atoms with E-state index >= 15 is 0 Å². The molecule has 0 radical (unpaired) electrons. The summed E-state index contributed by atoms with van der Waals surface area (Å²) in [5, 5.41) is 10.9. The summed E-state index contributed by atoms with van der Waals surface area (Å²) in [5.41, 5.74) is -0.409. The zero-order chi connectivity index (χ0) is 10.7. The normalized spacial score (nSPS) is 42.8. The Morgan fingerprint density at radius 2 is 2.13 bits per heavy atom. The standard InChI is InChI=1S/C13H24O2/c1-2-11-6-3-4-8-13(11,14)12-7-5-9-15-10-12/h11-12,14H,2-10H2,1H3. The van der Waals surface area contributed by atoms with Gasteiger partial charge in [-0.15, -0.1) is 0 Å². The Morgan fingerprint density at radius 1 is 1.27 bits per heavy atom. The van der Waals surface area contributed by atoms with E-state index in [0.29, 0.717) is 11.8 Å². The van der Waals surface area contributed by atoms with E-state index in [-0.39, 0.29) is 0 Å². The highest BCUT2D eigenvalue weighted by atomic mass is 16.5. The largest absolute Gasteiger partial charge is 0.389 e. The molecule has 2 aliphatic rings. The minimum absolute atomic E-state index is 0.400. The van der Waals surface area contributed by atoms with Crippen LogP contribution in [0.25, 0.3) is 0 Å². The maximum Gasteiger partial charge on any atom is 0.0725 e. The van der Waals surface area contributed by atoms with E-state index in [1.54, 1.807) is 0 Å². The molecule has 2 fully saturated rings. The zero-order valence-electron chi connectivity index (χ0n) is 9.87. The van der Waals surface area contributed by atoms with Crippen molar-refractivity contribution < 1.29 is 9.84 Å². The molecular formula is C13H24O2. The van der Waals surface area contributed by atoms with Crippen LogP contribution in [-0.4, -0.2) is 23.9 Å². The van der Waals surface area contributed by atoms with Crippen LogP contribution >= 0.6 is 0 Å². The summed E-state index contributed by atoms with van der Waals surface area (Å²) < 4.78 is 5.53. The summed E-state index contributed by atoms with van der Waals surface area (Å²) in [5.74, 6) is 0.912. The van der Waals surface area contributed by atoms with Crippen molar-refractivity contribution in [3.8, 4) is 0 Å². The molecule has 2 rings (SSSR count). The van der Waals surface area contributed by atoms with Crippen LogP contribution in [-0.2, 0) is 4.74 Å². The molecule has 1 aliphatic carbocycles. The maximum atomic E-state index is 10.9. The molecule has 0 bridgehead atoms. The Bertz CT molecular complexity index is 199. The average Bonchev–Trinajstić information content (AvgIpc) is 2.31. The SMILES string of the molecule is CCC1CCCCC1(O)C1CCCOC1. The molecule has 1 aliphatic heterocycles. The van der Waals surface area contributed by atoms with Gasteiger partial charge in [0.2, 0.25) is 0 Å². The van der Waals surface area contributed by atoms with Crippen molar-refractivity contribution in [3.05, 3.63) is 0 Å². The maximum absolute atomic E-state index is 10.9. The number of ether oxygens (including phenoxy) is 1. The molecule has 1 saturated carbocycles. The van der Waals surface area contributed by atoms with E-state index in [4.69, 9.17) is 4.74 Å². The molecular weight excluding hydrogens is 188 g/mol. The van der Waals surface area contributed by atoms with Gasteiger partial charge in [0, 0.05) is 12.5 Å². The van der Waals surface area contributed by atoms with Gasteiger partial charge >= 0.3 is 0 Å². The molecule has 88 valence electrons. The van der Waals surface area contributed by atoms with E-state index in [2.05, 4.69) is 6.92 Å². The van der Waals surface area contributed by atoms with Crippen LogP contribution in [0.15, 0.2) is 0 Å². The topological polar surface area (TPSA) is 29.5 Å². The second kappa shape index (κ2) is 4.84. The molecule has 3 atom stereocenters. The molecule has 3 unspecified atom stereocenters. The third-order valence-corrected chi connectivity index (χ3v) is 4.45. The molecule has 0 spiro atoms. The first kappa shape index (κ1) is 11.4. The van der Waals surface area contributed by atoms with Crippen molar-refractivity contribution in [1.82, 2.24) is 0 Å². The van der Waals surface area contributed by atoms with Gasteiger partial charge in [0.05, 0.1) is 12.2 Å². The first-order valence-electron chi connectivity index (χ1n) is 6.57. The fourth-order valence-corrected chi connectivity index (χ4v) is 3.48. The van der Waals surface area contributed by atoms with E-state index in [9.17, 15) is 5.11 Å². The van der Waals surface area contributed by atoms with E-state index in [1.165, 1.54) is 19.3 Å². The summed E-state index contributed by atoms with van der Waals surface area (Å²) in [6, 6.07) is 0. The van der Waals surface area contributed by atoms with Crippen molar-refractivity contribution in [3.63, 3.8) is 0 Å². The molecule has 0 aromatic rings. The lowest BCUT2D eigenvalue weighted by molar-refractivity contribution is -0.132. The third kappa shape index (κ3) is 2.21. The van der Waals surface area contributed by atoms with Gasteiger partial charge in [0.25, 0.3) is 0 Å². The highest BCUT2D eigenvalue weighted by Gasteiger charge is 2.44. The Kier molecular flexibility index (Phi) is 3.68. The molecule has 0 amide bonds. The highest BCUT2D eigenvalue weighted by molar-refractivity contribution is 4.95. The van der Waals surface area contributed by atoms with Crippen LogP contribution in [0.5, 0.6) is 0 Å². The molecule has 2 nitrogen and oxygen atoms in total. The van der Waals surface area contributed by atoms with Crippen molar-refractivity contribution >= 4 is 0 Å². The minimum Gasteiger partial charge on any atom is -0.389 e. The number of rotatable bonds is 2. The average molecular weight is 212 g/mol. The summed E-state index contributed by atoms with van der Waals surface area (Å²) in [6.07, 6.45) is 8.12. The molecule has 1 N–H and O–H groups in total. The zero-order valence-corrected chi connectivity index (χ0v) is 9.87. The minimum atomic E-state index is -0.409. The van der Waals surface area contributed by atoms with Gasteiger partial charge in [-0.3, -0.25) is 0 Å². The molecule has 1 heterocycles. The fourth-order valence-electron chi connectivity index (χ4n) is 3.48. The Hall–Kier alpha value is -0.0800. The van der Waals surface area contributed by atoms with Gasteiger partial charge in [0.15, 0.2) is 0 Å². The third-order valence-electron chi connectivity index (χ3n) is 4.45. The van der Waals surface area contributed by atoms with Crippen molar-refractivity contribution in [2.75, 3.05) is 13.2 Å². The van der Waals surface area contributed by atoms with Crippen molar-refractivity contribution in [2.24, 2.45) is 11.8 Å². The van der Waals surface area contributed by atoms with Gasteiger partial charge in [-0.25, -0.2) is 0 Å². The van der Waals surface area contributed by atoms with E-state index in [0.717, 1.165) is 38.9 Å².